The molecule has 1 amide bonds. The third-order valence-corrected chi connectivity index (χ3v) is 3.08. The molecule has 2 rings (SSSR count). The number of amides is 1. The molecule has 0 fully saturated rings. The summed E-state index contributed by atoms with van der Waals surface area (Å²) < 4.78 is 5.54. The smallest absolute Gasteiger partial charge is 0.415 e. The molecule has 0 aromatic heterocycles. The van der Waals surface area contributed by atoms with Gasteiger partial charge in [-0.25, -0.2) is 4.79 Å². The Morgan fingerprint density at radius 3 is 2.48 bits per heavy atom. The summed E-state index contributed by atoms with van der Waals surface area (Å²) in [5.41, 5.74) is 1.51. The second-order valence-corrected chi connectivity index (χ2v) is 6.16. The van der Waals surface area contributed by atoms with Gasteiger partial charge in [0.25, 0.3) is 0 Å². The van der Waals surface area contributed by atoms with Crippen LogP contribution >= 0.6 is 0 Å². The van der Waals surface area contributed by atoms with Crippen molar-refractivity contribution >= 4 is 6.09 Å². The Bertz CT molecular complexity index is 538. The highest BCUT2D eigenvalue weighted by Crippen LogP contribution is 2.21. The van der Waals surface area contributed by atoms with Gasteiger partial charge in [0.05, 0.1) is 6.54 Å². The van der Waals surface area contributed by atoms with Gasteiger partial charge in [0, 0.05) is 5.70 Å². The molecule has 0 atom stereocenters. The molecule has 1 aromatic rings. The van der Waals surface area contributed by atoms with Crippen LogP contribution in [-0.4, -0.2) is 16.6 Å². The fraction of sp³-hybridized carbons (Fsp3) is 0.389. The molecule has 1 aromatic carbocycles. The minimum Gasteiger partial charge on any atom is -0.443 e. The molecule has 1 aliphatic carbocycles. The molecular weight excluding hydrogens is 262 g/mol. The number of ether oxygens (including phenoxy) is 1. The molecular formula is C18H23NO2. The molecule has 3 heteroatoms. The number of hydrogen-bond donors (Lipinski definition) is 0. The Labute approximate surface area is 126 Å². The number of carbonyl (C=O) groups excluding carboxylic acids is 1. The van der Waals surface area contributed by atoms with Crippen LogP contribution < -0.4 is 0 Å². The van der Waals surface area contributed by atoms with Gasteiger partial charge in [-0.15, -0.1) is 0 Å². The number of allylic oxidation sites excluding steroid dienone is 3. The van der Waals surface area contributed by atoms with Crippen molar-refractivity contribution in [1.29, 1.82) is 0 Å². The van der Waals surface area contributed by atoms with E-state index in [-0.39, 0.29) is 6.09 Å². The topological polar surface area (TPSA) is 29.5 Å². The minimum absolute atomic E-state index is 0.302. The average molecular weight is 285 g/mol. The summed E-state index contributed by atoms with van der Waals surface area (Å²) in [7, 11) is 0. The first kappa shape index (κ1) is 15.4. The van der Waals surface area contributed by atoms with E-state index in [1.807, 2.05) is 57.2 Å². The number of hydrogen-bond acceptors (Lipinski definition) is 2. The van der Waals surface area contributed by atoms with Gasteiger partial charge in [-0.1, -0.05) is 42.5 Å². The lowest BCUT2D eigenvalue weighted by atomic mass is 10.1. The first-order valence-corrected chi connectivity index (χ1v) is 7.37. The van der Waals surface area contributed by atoms with Crippen LogP contribution in [-0.2, 0) is 11.3 Å². The predicted molar refractivity (Wildman–Crippen MR) is 84.7 cm³/mol. The first-order valence-electron chi connectivity index (χ1n) is 7.37. The molecule has 0 bridgehead atoms. The van der Waals surface area contributed by atoms with Crippen molar-refractivity contribution in [1.82, 2.24) is 4.90 Å². The Morgan fingerprint density at radius 1 is 1.19 bits per heavy atom. The van der Waals surface area contributed by atoms with Crippen LogP contribution in [0.25, 0.3) is 0 Å². The van der Waals surface area contributed by atoms with Crippen LogP contribution in [0, 0.1) is 0 Å². The fourth-order valence-corrected chi connectivity index (χ4v) is 2.14. The van der Waals surface area contributed by atoms with E-state index in [2.05, 4.69) is 12.2 Å². The van der Waals surface area contributed by atoms with Crippen LogP contribution in [0.4, 0.5) is 4.79 Å². The van der Waals surface area contributed by atoms with Crippen LogP contribution in [0.5, 0.6) is 0 Å². The van der Waals surface area contributed by atoms with Crippen molar-refractivity contribution in [3.63, 3.8) is 0 Å². The normalized spacial score (nSPS) is 14.5. The van der Waals surface area contributed by atoms with Crippen molar-refractivity contribution in [2.45, 2.75) is 45.8 Å². The number of nitrogens with zero attached hydrogens (tertiary/aromatic N) is 1. The van der Waals surface area contributed by atoms with E-state index in [4.69, 9.17) is 4.74 Å². The van der Waals surface area contributed by atoms with E-state index in [0.29, 0.717) is 6.54 Å². The highest BCUT2D eigenvalue weighted by molar-refractivity contribution is 5.71. The van der Waals surface area contributed by atoms with Crippen LogP contribution in [0.1, 0.15) is 39.2 Å². The van der Waals surface area contributed by atoms with Crippen LogP contribution in [0.15, 0.2) is 54.3 Å². The summed E-state index contributed by atoms with van der Waals surface area (Å²) in [5, 5.41) is 0. The standard InChI is InChI=1S/C18H23NO2/c1-18(2,3)21-17(20)19(16-12-8-5-9-13-16)14-15-10-6-4-7-11-15/h4,6-8,10-13H,5,9,14H2,1-3H3. The SMILES string of the molecule is CC(C)(C)OC(=O)N(Cc1ccccc1)C1=CCCC=C1. The number of benzene rings is 1. The van der Waals surface area contributed by atoms with Crippen LogP contribution in [0.3, 0.4) is 0 Å². The Kier molecular flexibility index (Phi) is 4.84. The third kappa shape index (κ3) is 4.78. The molecule has 0 N–H and O–H groups in total. The zero-order valence-electron chi connectivity index (χ0n) is 13.0. The average Bonchev–Trinajstić information content (AvgIpc) is 2.45. The summed E-state index contributed by atoms with van der Waals surface area (Å²) in [4.78, 5) is 14.2. The molecule has 21 heavy (non-hydrogen) atoms. The van der Waals surface area contributed by atoms with E-state index >= 15 is 0 Å². The van der Waals surface area contributed by atoms with E-state index in [1.54, 1.807) is 4.90 Å². The summed E-state index contributed by atoms with van der Waals surface area (Å²) in [5.74, 6) is 0. The van der Waals surface area contributed by atoms with Crippen molar-refractivity contribution in [3.05, 3.63) is 59.8 Å². The summed E-state index contributed by atoms with van der Waals surface area (Å²) in [6, 6.07) is 9.97. The maximum Gasteiger partial charge on any atom is 0.415 e. The van der Waals surface area contributed by atoms with Gasteiger partial charge < -0.3 is 4.74 Å². The van der Waals surface area contributed by atoms with Crippen molar-refractivity contribution < 1.29 is 9.53 Å². The Hall–Kier alpha value is -2.03. The summed E-state index contributed by atoms with van der Waals surface area (Å²) >= 11 is 0. The zero-order valence-corrected chi connectivity index (χ0v) is 13.0. The molecule has 0 spiro atoms. The van der Waals surface area contributed by atoms with Gasteiger partial charge in [-0.3, -0.25) is 4.90 Å². The number of rotatable bonds is 3. The van der Waals surface area contributed by atoms with E-state index < -0.39 is 5.60 Å². The second-order valence-electron chi connectivity index (χ2n) is 6.16. The molecule has 112 valence electrons. The lowest BCUT2D eigenvalue weighted by molar-refractivity contribution is 0.0306. The largest absolute Gasteiger partial charge is 0.443 e. The Balaban J connectivity index is 2.20. The molecule has 1 aliphatic rings. The number of carbonyl (C=O) groups is 1. The highest BCUT2D eigenvalue weighted by Gasteiger charge is 2.24. The minimum atomic E-state index is -0.495. The molecule has 0 unspecified atom stereocenters. The quantitative estimate of drug-likeness (QED) is 0.808. The fourth-order valence-electron chi connectivity index (χ4n) is 2.14. The van der Waals surface area contributed by atoms with Gasteiger partial charge in [-0.2, -0.15) is 0 Å². The molecule has 0 radical (unpaired) electrons. The molecule has 0 aliphatic heterocycles. The summed E-state index contributed by atoms with van der Waals surface area (Å²) in [6.07, 6.45) is 7.86. The highest BCUT2D eigenvalue weighted by atomic mass is 16.6. The van der Waals surface area contributed by atoms with Crippen molar-refractivity contribution in [2.75, 3.05) is 0 Å². The maximum absolute atomic E-state index is 12.5. The van der Waals surface area contributed by atoms with Crippen LogP contribution in [0.2, 0.25) is 0 Å². The maximum atomic E-state index is 12.5. The second kappa shape index (κ2) is 6.61. The monoisotopic (exact) mass is 285 g/mol. The van der Waals surface area contributed by atoms with Crippen molar-refractivity contribution in [2.24, 2.45) is 0 Å². The van der Waals surface area contributed by atoms with Gasteiger partial charge in [0.2, 0.25) is 0 Å². The van der Waals surface area contributed by atoms with Gasteiger partial charge in [-0.05, 0) is 45.3 Å². The lowest BCUT2D eigenvalue weighted by Gasteiger charge is -2.29. The molecule has 3 nitrogen and oxygen atoms in total. The first-order chi connectivity index (χ1) is 9.96. The van der Waals surface area contributed by atoms with E-state index in [9.17, 15) is 4.79 Å². The van der Waals surface area contributed by atoms with Gasteiger partial charge >= 0.3 is 6.09 Å². The molecule has 0 saturated carbocycles. The molecule has 0 saturated heterocycles. The van der Waals surface area contributed by atoms with E-state index in [0.717, 1.165) is 24.1 Å². The predicted octanol–water partition coefficient (Wildman–Crippen LogP) is 4.66. The van der Waals surface area contributed by atoms with Gasteiger partial charge in [0.1, 0.15) is 5.60 Å². The lowest BCUT2D eigenvalue weighted by Crippen LogP contribution is -2.35. The molecule has 0 heterocycles. The zero-order chi connectivity index (χ0) is 15.3. The van der Waals surface area contributed by atoms with Crippen molar-refractivity contribution in [3.8, 4) is 0 Å². The van der Waals surface area contributed by atoms with E-state index in [1.165, 1.54) is 0 Å². The Morgan fingerprint density at radius 2 is 1.90 bits per heavy atom. The van der Waals surface area contributed by atoms with Gasteiger partial charge in [0.15, 0.2) is 0 Å². The summed E-state index contributed by atoms with van der Waals surface area (Å²) in [6.45, 7) is 6.18. The third-order valence-electron chi connectivity index (χ3n) is 3.08.